The van der Waals surface area contributed by atoms with Crippen molar-refractivity contribution in [2.75, 3.05) is 6.61 Å². The minimum absolute atomic E-state index is 0.178. The summed E-state index contributed by atoms with van der Waals surface area (Å²) in [7, 11) is 0. The van der Waals surface area contributed by atoms with Crippen molar-refractivity contribution in [3.8, 4) is 28.4 Å². The van der Waals surface area contributed by atoms with Gasteiger partial charge in [0.05, 0.1) is 22.9 Å². The van der Waals surface area contributed by atoms with E-state index in [1.54, 1.807) is 0 Å². The highest BCUT2D eigenvalue weighted by Crippen LogP contribution is 2.49. The third kappa shape index (κ3) is 5.29. The third-order valence-corrected chi connectivity index (χ3v) is 10.5. The number of aliphatic imine (C=N–C) groups is 1. The summed E-state index contributed by atoms with van der Waals surface area (Å²) in [6, 6.07) is 25.9. The number of fused-ring (bicyclic) bond motifs is 5. The Morgan fingerprint density at radius 1 is 0.878 bits per heavy atom. The molecule has 0 N–H and O–H groups in total. The topological polar surface area (TPSA) is 61.5 Å². The van der Waals surface area contributed by atoms with Crippen LogP contribution in [-0.2, 0) is 10.2 Å². The van der Waals surface area contributed by atoms with E-state index < -0.39 is 0 Å². The van der Waals surface area contributed by atoms with Crippen molar-refractivity contribution in [3.63, 3.8) is 0 Å². The van der Waals surface area contributed by atoms with E-state index in [2.05, 4.69) is 106 Å². The molecule has 8 rings (SSSR count). The van der Waals surface area contributed by atoms with Gasteiger partial charge in [0.25, 0.3) is 0 Å². The molecule has 2 aliphatic rings. The van der Waals surface area contributed by atoms with Crippen molar-refractivity contribution < 1.29 is 9.47 Å². The number of aromatic nitrogens is 3. The molecule has 3 aromatic carbocycles. The van der Waals surface area contributed by atoms with E-state index in [9.17, 15) is 0 Å². The lowest BCUT2D eigenvalue weighted by molar-refractivity contribution is 0.261. The van der Waals surface area contributed by atoms with Crippen LogP contribution in [0.1, 0.15) is 81.2 Å². The highest BCUT2D eigenvalue weighted by Gasteiger charge is 2.36. The molecule has 6 aromatic rings. The van der Waals surface area contributed by atoms with Gasteiger partial charge in [-0.3, -0.25) is 9.55 Å². The number of benzene rings is 3. The molecular formula is C43H44N4O2. The van der Waals surface area contributed by atoms with Gasteiger partial charge in [-0.25, -0.2) is 9.98 Å². The number of aryl methyl sites for hydroxylation is 2. The zero-order valence-electron chi connectivity index (χ0n) is 29.4. The molecule has 0 unspecified atom stereocenters. The first-order chi connectivity index (χ1) is 23.8. The van der Waals surface area contributed by atoms with Gasteiger partial charge in [0.1, 0.15) is 23.8 Å². The molecule has 0 amide bonds. The first kappa shape index (κ1) is 31.3. The second kappa shape index (κ2) is 12.2. The molecule has 0 fully saturated rings. The summed E-state index contributed by atoms with van der Waals surface area (Å²) in [5.41, 5.74) is 10.6. The van der Waals surface area contributed by atoms with Crippen molar-refractivity contribution >= 4 is 27.8 Å². The predicted octanol–water partition coefficient (Wildman–Crippen LogP) is 10.7. The zero-order chi connectivity index (χ0) is 33.9. The van der Waals surface area contributed by atoms with Crippen LogP contribution in [0.15, 0.2) is 90.2 Å². The van der Waals surface area contributed by atoms with E-state index in [4.69, 9.17) is 19.5 Å². The van der Waals surface area contributed by atoms with E-state index in [1.165, 1.54) is 27.4 Å². The monoisotopic (exact) mass is 648 g/mol. The smallest absolute Gasteiger partial charge is 0.216 e. The Bertz CT molecular complexity index is 2240. The van der Waals surface area contributed by atoms with E-state index >= 15 is 0 Å². The predicted molar refractivity (Wildman–Crippen MR) is 200 cm³/mol. The zero-order valence-corrected chi connectivity index (χ0v) is 29.4. The van der Waals surface area contributed by atoms with Crippen LogP contribution in [0.25, 0.3) is 38.9 Å². The van der Waals surface area contributed by atoms with Gasteiger partial charge in [-0.15, -0.1) is 0 Å². The van der Waals surface area contributed by atoms with Crippen LogP contribution >= 0.6 is 0 Å². The Labute approximate surface area is 288 Å². The number of para-hydroxylation sites is 1. The van der Waals surface area contributed by atoms with Crippen molar-refractivity contribution in [2.24, 2.45) is 10.9 Å². The van der Waals surface area contributed by atoms with Crippen LogP contribution in [-0.4, -0.2) is 33.1 Å². The van der Waals surface area contributed by atoms with E-state index in [1.807, 2.05) is 30.6 Å². The number of ether oxygens (including phenoxy) is 2. The van der Waals surface area contributed by atoms with Crippen LogP contribution < -0.4 is 4.74 Å². The molecule has 0 bridgehead atoms. The van der Waals surface area contributed by atoms with Gasteiger partial charge in [0, 0.05) is 45.8 Å². The largest absolute Gasteiger partial charge is 0.475 e. The Morgan fingerprint density at radius 3 is 2.47 bits per heavy atom. The standard InChI is InChI=1S/C43H44N4O2/c1-7-12-28(13-8-2)37-25-48-42(46-37)30-20-29(36-16-9-10-17-44-36)21-31(22-30)49-39-23-38-35(19-27(39)4)43(5,6)34-15-11-14-32-33-18-26(3)24-45-41(33)47(38)40(32)34/h9-11,14-24,28,37H,7-8,12-13,25H2,1-6H3/t37-/m0/s1. The van der Waals surface area contributed by atoms with E-state index in [-0.39, 0.29) is 11.5 Å². The summed E-state index contributed by atoms with van der Waals surface area (Å²) in [6.45, 7) is 14.0. The number of nitrogens with zero attached hydrogens (tertiary/aromatic N) is 4. The van der Waals surface area contributed by atoms with Crippen LogP contribution in [0.4, 0.5) is 0 Å². The molecule has 0 aliphatic carbocycles. The van der Waals surface area contributed by atoms with E-state index in [0.29, 0.717) is 18.4 Å². The van der Waals surface area contributed by atoms with Crippen molar-refractivity contribution in [2.45, 2.75) is 78.7 Å². The fourth-order valence-corrected chi connectivity index (χ4v) is 8.05. The molecule has 0 saturated heterocycles. The minimum atomic E-state index is -0.203. The lowest BCUT2D eigenvalue weighted by Crippen LogP contribution is -2.26. The van der Waals surface area contributed by atoms with Crippen LogP contribution in [0.2, 0.25) is 0 Å². The van der Waals surface area contributed by atoms with Gasteiger partial charge < -0.3 is 9.47 Å². The molecule has 1 atom stereocenters. The fourth-order valence-electron chi connectivity index (χ4n) is 8.05. The average molecular weight is 649 g/mol. The molecular weight excluding hydrogens is 604 g/mol. The van der Waals surface area contributed by atoms with Gasteiger partial charge >= 0.3 is 0 Å². The van der Waals surface area contributed by atoms with Crippen LogP contribution in [0.3, 0.4) is 0 Å². The summed E-state index contributed by atoms with van der Waals surface area (Å²) in [5.74, 6) is 2.75. The molecule has 248 valence electrons. The number of hydrogen-bond acceptors (Lipinski definition) is 5. The molecule has 6 nitrogen and oxygen atoms in total. The Morgan fingerprint density at radius 2 is 1.69 bits per heavy atom. The van der Waals surface area contributed by atoms with E-state index in [0.717, 1.165) is 76.5 Å². The average Bonchev–Trinajstić information content (AvgIpc) is 3.72. The Kier molecular flexibility index (Phi) is 7.78. The summed E-state index contributed by atoms with van der Waals surface area (Å²) in [5, 5.41) is 2.40. The number of hydrogen-bond donors (Lipinski definition) is 0. The van der Waals surface area contributed by atoms with Crippen molar-refractivity contribution in [1.82, 2.24) is 14.5 Å². The molecule has 5 heterocycles. The van der Waals surface area contributed by atoms with Gasteiger partial charge in [-0.2, -0.15) is 0 Å². The molecule has 49 heavy (non-hydrogen) atoms. The highest BCUT2D eigenvalue weighted by molar-refractivity contribution is 6.10. The van der Waals surface area contributed by atoms with Crippen LogP contribution in [0.5, 0.6) is 11.5 Å². The second-order valence-electron chi connectivity index (χ2n) is 14.4. The Hall–Kier alpha value is -4.97. The lowest BCUT2D eigenvalue weighted by Gasteiger charge is -2.35. The van der Waals surface area contributed by atoms with Gasteiger partial charge in [0.15, 0.2) is 0 Å². The molecule has 0 spiro atoms. The molecule has 2 aliphatic heterocycles. The first-order valence-electron chi connectivity index (χ1n) is 17.8. The van der Waals surface area contributed by atoms with Gasteiger partial charge in [0.2, 0.25) is 5.90 Å². The van der Waals surface area contributed by atoms with Crippen LogP contribution in [0, 0.1) is 19.8 Å². The lowest BCUT2D eigenvalue weighted by atomic mass is 9.74. The maximum absolute atomic E-state index is 6.88. The molecule has 3 aromatic heterocycles. The quantitative estimate of drug-likeness (QED) is 0.157. The van der Waals surface area contributed by atoms with Gasteiger partial charge in [-0.05, 0) is 97.3 Å². The second-order valence-corrected chi connectivity index (χ2v) is 14.4. The summed E-state index contributed by atoms with van der Waals surface area (Å²) in [4.78, 5) is 14.8. The van der Waals surface area contributed by atoms with Crippen molar-refractivity contribution in [3.05, 3.63) is 113 Å². The normalized spacial score (nSPS) is 16.2. The Balaban J connectivity index is 1.25. The maximum atomic E-state index is 6.88. The third-order valence-electron chi connectivity index (χ3n) is 10.5. The molecule has 0 radical (unpaired) electrons. The summed E-state index contributed by atoms with van der Waals surface area (Å²) in [6.07, 6.45) is 8.43. The SMILES string of the molecule is CCCC(CCC)[C@@H]1COC(c2cc(Oc3cc4c(cc3C)C(C)(C)c3cccc5c6cc(C)cnc6n-4c35)cc(-c3ccccn3)c2)=N1. The molecule has 6 heteroatoms. The number of pyridine rings is 2. The molecule has 0 saturated carbocycles. The van der Waals surface area contributed by atoms with Crippen molar-refractivity contribution in [1.29, 1.82) is 0 Å². The van der Waals surface area contributed by atoms with Gasteiger partial charge in [-0.1, -0.05) is 64.8 Å². The summed E-state index contributed by atoms with van der Waals surface area (Å²) >= 11 is 0. The minimum Gasteiger partial charge on any atom is -0.475 e. The fraction of sp³-hybridized carbons (Fsp3) is 0.326. The number of rotatable bonds is 9. The highest BCUT2D eigenvalue weighted by atomic mass is 16.5. The maximum Gasteiger partial charge on any atom is 0.216 e. The first-order valence-corrected chi connectivity index (χ1v) is 17.8. The summed E-state index contributed by atoms with van der Waals surface area (Å²) < 4.78 is 15.5.